The largest absolute Gasteiger partial charge is 0.313 e. The summed E-state index contributed by atoms with van der Waals surface area (Å²) in [6.07, 6.45) is 6.51. The molecule has 0 aliphatic carbocycles. The molecule has 33 heavy (non-hydrogen) atoms. The van der Waals surface area contributed by atoms with Crippen molar-refractivity contribution in [3.8, 4) is 5.69 Å². The number of aromatic nitrogens is 1. The lowest BCUT2D eigenvalue weighted by molar-refractivity contribution is 0.0919. The highest BCUT2D eigenvalue weighted by Crippen LogP contribution is 2.38. The molecular weight excluding hydrogens is 456 g/mol. The van der Waals surface area contributed by atoms with Crippen LogP contribution in [0.1, 0.15) is 47.3 Å². The van der Waals surface area contributed by atoms with Gasteiger partial charge in [0.1, 0.15) is 9.84 Å². The van der Waals surface area contributed by atoms with Gasteiger partial charge in [0.05, 0.1) is 17.8 Å². The van der Waals surface area contributed by atoms with Crippen molar-refractivity contribution in [3.05, 3.63) is 64.3 Å². The van der Waals surface area contributed by atoms with Gasteiger partial charge in [-0.2, -0.15) is 0 Å². The third-order valence-electron chi connectivity index (χ3n) is 7.33. The Morgan fingerprint density at radius 3 is 2.27 bits per heavy atom. The maximum absolute atomic E-state index is 13.6. The summed E-state index contributed by atoms with van der Waals surface area (Å²) in [5, 5.41) is 1.57. The molecule has 3 heterocycles. The van der Waals surface area contributed by atoms with Gasteiger partial charge in [0.25, 0.3) is 0 Å². The molecule has 1 aromatic heterocycles. The monoisotopic (exact) mass is 484 g/mol. The Kier molecular flexibility index (Phi) is 5.88. The zero-order chi connectivity index (χ0) is 23.3. The summed E-state index contributed by atoms with van der Waals surface area (Å²) in [6.45, 7) is 2.46. The van der Waals surface area contributed by atoms with Gasteiger partial charge in [0, 0.05) is 45.7 Å². The van der Waals surface area contributed by atoms with Crippen molar-refractivity contribution in [1.82, 2.24) is 9.47 Å². The number of carbonyl (C=O) groups excluding carboxylic acids is 1. The van der Waals surface area contributed by atoms with E-state index in [1.54, 1.807) is 0 Å². The normalized spacial score (nSPS) is 20.7. The van der Waals surface area contributed by atoms with E-state index in [4.69, 9.17) is 11.6 Å². The summed E-state index contributed by atoms with van der Waals surface area (Å²) in [5.41, 5.74) is 4.47. The number of benzene rings is 2. The number of rotatable bonds is 7. The predicted octanol–water partition coefficient (Wildman–Crippen LogP) is 4.99. The molecule has 0 spiro atoms. The van der Waals surface area contributed by atoms with Crippen LogP contribution in [0.5, 0.6) is 0 Å². The molecule has 5 rings (SSSR count). The van der Waals surface area contributed by atoms with Crippen molar-refractivity contribution in [2.45, 2.75) is 51.1 Å². The van der Waals surface area contributed by atoms with Gasteiger partial charge in [-0.1, -0.05) is 23.7 Å². The molecule has 3 aromatic rings. The van der Waals surface area contributed by atoms with Crippen LogP contribution in [0.15, 0.2) is 42.5 Å². The fourth-order valence-electron chi connectivity index (χ4n) is 5.72. The van der Waals surface area contributed by atoms with Gasteiger partial charge < -0.3 is 4.57 Å². The van der Waals surface area contributed by atoms with E-state index in [9.17, 15) is 13.2 Å². The van der Waals surface area contributed by atoms with Crippen LogP contribution in [0.4, 0.5) is 0 Å². The highest BCUT2D eigenvalue weighted by Gasteiger charge is 2.40. The van der Waals surface area contributed by atoms with Crippen LogP contribution in [-0.4, -0.2) is 54.3 Å². The number of hydrogen-bond donors (Lipinski definition) is 0. The molecule has 2 aromatic carbocycles. The molecular formula is C26H29ClN2O3S. The van der Waals surface area contributed by atoms with Crippen molar-refractivity contribution in [2.24, 2.45) is 0 Å². The average molecular weight is 485 g/mol. The fourth-order valence-corrected chi connectivity index (χ4v) is 6.45. The van der Waals surface area contributed by atoms with Crippen molar-refractivity contribution >= 4 is 38.1 Å². The molecule has 174 valence electrons. The van der Waals surface area contributed by atoms with Gasteiger partial charge in [-0.05, 0) is 74.9 Å². The van der Waals surface area contributed by atoms with Crippen molar-refractivity contribution < 1.29 is 13.2 Å². The molecule has 0 amide bonds. The minimum atomic E-state index is -3.06. The molecule has 2 bridgehead atoms. The first-order chi connectivity index (χ1) is 15.7. The van der Waals surface area contributed by atoms with Crippen LogP contribution in [0, 0.1) is 6.92 Å². The summed E-state index contributed by atoms with van der Waals surface area (Å²) in [4.78, 5) is 16.1. The van der Waals surface area contributed by atoms with Crippen molar-refractivity contribution in [1.29, 1.82) is 0 Å². The Hall–Kier alpha value is -2.15. The quantitative estimate of drug-likeness (QED) is 0.443. The molecule has 0 radical (unpaired) electrons. The van der Waals surface area contributed by atoms with Gasteiger partial charge >= 0.3 is 0 Å². The molecule has 2 aliphatic rings. The average Bonchev–Trinajstić information content (AvgIpc) is 3.42. The van der Waals surface area contributed by atoms with E-state index in [1.165, 1.54) is 31.9 Å². The van der Waals surface area contributed by atoms with Crippen LogP contribution in [0.2, 0.25) is 5.02 Å². The highest BCUT2D eigenvalue weighted by molar-refractivity contribution is 7.90. The number of aryl methyl sites for hydroxylation is 1. The Balaban J connectivity index is 1.59. The maximum Gasteiger partial charge on any atom is 0.179 e. The summed E-state index contributed by atoms with van der Waals surface area (Å²) in [7, 11) is -3.06. The predicted molar refractivity (Wildman–Crippen MR) is 134 cm³/mol. The molecule has 0 unspecified atom stereocenters. The summed E-state index contributed by atoms with van der Waals surface area (Å²) in [6, 6.07) is 14.7. The standard InChI is InChI=1S/C26H29ClN2O3S/c1-17-26(25(30)16-28-20-8-9-21(28)11-10-20)23-12-3-18(13-14-33(2,31)32)15-24(23)29(17)22-6-4-19(27)5-7-22/h3-7,12,15,20-21H,8-11,13-14,16H2,1-2H3. The van der Waals surface area contributed by atoms with Crippen LogP contribution in [0.25, 0.3) is 16.6 Å². The van der Waals surface area contributed by atoms with Crippen LogP contribution >= 0.6 is 11.6 Å². The van der Waals surface area contributed by atoms with Crippen molar-refractivity contribution in [2.75, 3.05) is 18.6 Å². The molecule has 0 N–H and O–H groups in total. The number of nitrogens with zero attached hydrogens (tertiary/aromatic N) is 2. The van der Waals surface area contributed by atoms with Gasteiger partial charge in [0.15, 0.2) is 5.78 Å². The van der Waals surface area contributed by atoms with E-state index >= 15 is 0 Å². The number of ketones is 1. The van der Waals surface area contributed by atoms with Crippen LogP contribution < -0.4 is 0 Å². The second-order valence-corrected chi connectivity index (χ2v) is 12.3. The summed E-state index contributed by atoms with van der Waals surface area (Å²) < 4.78 is 25.5. The van der Waals surface area contributed by atoms with E-state index in [-0.39, 0.29) is 11.5 Å². The third kappa shape index (κ3) is 4.36. The number of hydrogen-bond acceptors (Lipinski definition) is 4. The molecule has 0 atom stereocenters. The van der Waals surface area contributed by atoms with Crippen LogP contribution in [-0.2, 0) is 16.3 Å². The smallest absolute Gasteiger partial charge is 0.179 e. The molecule has 2 fully saturated rings. The third-order valence-corrected chi connectivity index (χ3v) is 8.52. The fraction of sp³-hybridized carbons (Fsp3) is 0.423. The summed E-state index contributed by atoms with van der Waals surface area (Å²) in [5.74, 6) is 0.260. The lowest BCUT2D eigenvalue weighted by Gasteiger charge is -2.20. The minimum absolute atomic E-state index is 0.0999. The Labute approximate surface area is 200 Å². The first kappa shape index (κ1) is 22.6. The number of halogens is 1. The van der Waals surface area contributed by atoms with E-state index in [2.05, 4.69) is 9.47 Å². The molecule has 7 heteroatoms. The number of carbonyl (C=O) groups is 1. The van der Waals surface area contributed by atoms with E-state index in [0.717, 1.165) is 33.4 Å². The number of Topliss-reactive ketones (excluding diaryl/α,β-unsaturated/α-hetero) is 1. The second kappa shape index (κ2) is 8.57. The minimum Gasteiger partial charge on any atom is -0.313 e. The Bertz CT molecular complexity index is 1310. The first-order valence-corrected chi connectivity index (χ1v) is 14.0. The first-order valence-electron chi connectivity index (χ1n) is 11.6. The van der Waals surface area contributed by atoms with Crippen molar-refractivity contribution in [3.63, 3.8) is 0 Å². The molecule has 0 saturated carbocycles. The van der Waals surface area contributed by atoms with Gasteiger partial charge in [0.2, 0.25) is 0 Å². The lowest BCUT2D eigenvalue weighted by Crippen LogP contribution is -2.34. The highest BCUT2D eigenvalue weighted by atomic mass is 35.5. The molecule has 2 saturated heterocycles. The topological polar surface area (TPSA) is 59.4 Å². The van der Waals surface area contributed by atoms with Gasteiger partial charge in [-0.25, -0.2) is 8.42 Å². The zero-order valence-corrected chi connectivity index (χ0v) is 20.6. The molecule has 2 aliphatic heterocycles. The summed E-state index contributed by atoms with van der Waals surface area (Å²) >= 11 is 6.12. The van der Waals surface area contributed by atoms with E-state index < -0.39 is 9.84 Å². The van der Waals surface area contributed by atoms with Gasteiger partial charge in [-0.3, -0.25) is 9.69 Å². The van der Waals surface area contributed by atoms with Gasteiger partial charge in [-0.15, -0.1) is 0 Å². The van der Waals surface area contributed by atoms with E-state index in [1.807, 2.05) is 49.4 Å². The Morgan fingerprint density at radius 2 is 1.67 bits per heavy atom. The van der Waals surface area contributed by atoms with Crippen LogP contribution in [0.3, 0.4) is 0 Å². The number of sulfone groups is 1. The second-order valence-electron chi connectivity index (χ2n) is 9.56. The SMILES string of the molecule is Cc1c(C(=O)CN2C3CCC2CC3)c2ccc(CCS(C)(=O)=O)cc2n1-c1ccc(Cl)cc1. The maximum atomic E-state index is 13.6. The lowest BCUT2D eigenvalue weighted by atomic mass is 10.0. The van der Waals surface area contributed by atoms with E-state index in [0.29, 0.717) is 30.1 Å². The Morgan fingerprint density at radius 1 is 1.03 bits per heavy atom. The molecule has 5 nitrogen and oxygen atoms in total. The number of fused-ring (bicyclic) bond motifs is 3. The zero-order valence-electron chi connectivity index (χ0n) is 19.1.